The summed E-state index contributed by atoms with van der Waals surface area (Å²) in [5.74, 6) is -0.152. The molecule has 3 nitrogen and oxygen atoms in total. The summed E-state index contributed by atoms with van der Waals surface area (Å²) in [5.41, 5.74) is 0. The topological polar surface area (TPSA) is 37.4 Å². The molecule has 0 radical (unpaired) electrons. The molecule has 2 atom stereocenters. The Balaban J connectivity index is 2.31. The quantitative estimate of drug-likeness (QED) is 0.542. The number of hydrogen-bond acceptors (Lipinski definition) is 2. The lowest BCUT2D eigenvalue weighted by Gasteiger charge is -2.07. The Morgan fingerprint density at radius 2 is 1.75 bits per heavy atom. The highest BCUT2D eigenvalue weighted by molar-refractivity contribution is 6.06. The zero-order chi connectivity index (χ0) is 8.72. The van der Waals surface area contributed by atoms with E-state index in [1.807, 2.05) is 0 Å². The van der Waals surface area contributed by atoms with Crippen LogP contribution in [-0.2, 0) is 9.59 Å². The smallest absolute Gasteiger partial charge is 0.237 e. The zero-order valence-corrected chi connectivity index (χ0v) is 6.82. The molecule has 1 saturated carbocycles. The van der Waals surface area contributed by atoms with Gasteiger partial charge in [0.15, 0.2) is 0 Å². The first-order chi connectivity index (χ1) is 5.75. The second-order valence-electron chi connectivity index (χ2n) is 3.37. The summed E-state index contributed by atoms with van der Waals surface area (Å²) in [6.07, 6.45) is 4.10. The highest BCUT2D eigenvalue weighted by Crippen LogP contribution is 2.39. The molecule has 12 heavy (non-hydrogen) atoms. The molecule has 0 N–H and O–H groups in total. The van der Waals surface area contributed by atoms with E-state index in [1.54, 1.807) is 0 Å². The third kappa shape index (κ3) is 0.763. The molecule has 0 aromatic carbocycles. The lowest BCUT2D eigenvalue weighted by molar-refractivity contribution is -0.136. The minimum absolute atomic E-state index is 0.0319. The third-order valence-electron chi connectivity index (χ3n) is 2.81. The van der Waals surface area contributed by atoms with E-state index in [2.05, 4.69) is 6.58 Å². The van der Waals surface area contributed by atoms with Gasteiger partial charge in [-0.25, -0.2) is 0 Å². The summed E-state index contributed by atoms with van der Waals surface area (Å²) < 4.78 is 0. The van der Waals surface area contributed by atoms with Crippen molar-refractivity contribution in [1.29, 1.82) is 0 Å². The number of amides is 2. The van der Waals surface area contributed by atoms with Crippen molar-refractivity contribution in [3.63, 3.8) is 0 Å². The van der Waals surface area contributed by atoms with E-state index in [0.29, 0.717) is 0 Å². The molecular formula is C9H11NO2. The molecule has 0 aromatic rings. The van der Waals surface area contributed by atoms with E-state index in [-0.39, 0.29) is 23.7 Å². The summed E-state index contributed by atoms with van der Waals surface area (Å²) in [6, 6.07) is 0. The molecule has 2 rings (SSSR count). The number of imide groups is 1. The SMILES string of the molecule is C=CN1C(=O)C2CCCC2C1=O. The van der Waals surface area contributed by atoms with Crippen molar-refractivity contribution in [3.8, 4) is 0 Å². The van der Waals surface area contributed by atoms with Gasteiger partial charge < -0.3 is 0 Å². The maximum Gasteiger partial charge on any atom is 0.237 e. The fraction of sp³-hybridized carbons (Fsp3) is 0.556. The first kappa shape index (κ1) is 7.53. The average molecular weight is 165 g/mol. The summed E-state index contributed by atoms with van der Waals surface area (Å²) >= 11 is 0. The van der Waals surface area contributed by atoms with Gasteiger partial charge in [0.05, 0.1) is 11.8 Å². The fourth-order valence-corrected chi connectivity index (χ4v) is 2.20. The number of hydrogen-bond donors (Lipinski definition) is 0. The highest BCUT2D eigenvalue weighted by Gasteiger charge is 2.48. The van der Waals surface area contributed by atoms with Crippen molar-refractivity contribution in [1.82, 2.24) is 4.90 Å². The number of fused-ring (bicyclic) bond motifs is 1. The van der Waals surface area contributed by atoms with Crippen LogP contribution in [0.25, 0.3) is 0 Å². The van der Waals surface area contributed by atoms with Gasteiger partial charge in [-0.1, -0.05) is 13.0 Å². The molecule has 2 aliphatic rings. The Kier molecular flexibility index (Phi) is 1.53. The molecule has 1 aliphatic heterocycles. The Labute approximate surface area is 71.0 Å². The Morgan fingerprint density at radius 1 is 1.25 bits per heavy atom. The van der Waals surface area contributed by atoms with Crippen LogP contribution >= 0.6 is 0 Å². The van der Waals surface area contributed by atoms with Crippen LogP contribution in [0.15, 0.2) is 12.8 Å². The van der Waals surface area contributed by atoms with Crippen LogP contribution in [0.4, 0.5) is 0 Å². The van der Waals surface area contributed by atoms with Crippen molar-refractivity contribution in [2.75, 3.05) is 0 Å². The monoisotopic (exact) mass is 165 g/mol. The lowest BCUT2D eigenvalue weighted by atomic mass is 10.00. The van der Waals surface area contributed by atoms with Crippen molar-refractivity contribution < 1.29 is 9.59 Å². The maximum absolute atomic E-state index is 11.5. The van der Waals surface area contributed by atoms with Crippen LogP contribution in [0.1, 0.15) is 19.3 Å². The van der Waals surface area contributed by atoms with Crippen LogP contribution in [0.3, 0.4) is 0 Å². The van der Waals surface area contributed by atoms with Gasteiger partial charge in [0.1, 0.15) is 0 Å². The van der Waals surface area contributed by atoms with E-state index in [9.17, 15) is 9.59 Å². The van der Waals surface area contributed by atoms with Gasteiger partial charge in [-0.15, -0.1) is 0 Å². The van der Waals surface area contributed by atoms with Crippen LogP contribution in [0.2, 0.25) is 0 Å². The molecule has 0 spiro atoms. The van der Waals surface area contributed by atoms with Gasteiger partial charge in [0, 0.05) is 6.20 Å². The first-order valence-electron chi connectivity index (χ1n) is 4.25. The minimum atomic E-state index is -0.0440. The molecule has 0 bridgehead atoms. The Hall–Kier alpha value is -1.12. The summed E-state index contributed by atoms with van der Waals surface area (Å²) in [5, 5.41) is 0. The summed E-state index contributed by atoms with van der Waals surface area (Å²) in [7, 11) is 0. The van der Waals surface area contributed by atoms with E-state index < -0.39 is 0 Å². The highest BCUT2D eigenvalue weighted by atomic mass is 16.2. The number of likely N-dealkylation sites (tertiary alicyclic amines) is 1. The van der Waals surface area contributed by atoms with Crippen molar-refractivity contribution >= 4 is 11.8 Å². The molecular weight excluding hydrogens is 154 g/mol. The van der Waals surface area contributed by atoms with Crippen LogP contribution in [-0.4, -0.2) is 16.7 Å². The van der Waals surface area contributed by atoms with Gasteiger partial charge in [0.25, 0.3) is 0 Å². The number of nitrogens with zero attached hydrogens (tertiary/aromatic N) is 1. The van der Waals surface area contributed by atoms with E-state index in [1.165, 1.54) is 11.1 Å². The first-order valence-corrected chi connectivity index (χ1v) is 4.25. The van der Waals surface area contributed by atoms with Gasteiger partial charge in [-0.2, -0.15) is 0 Å². The number of carbonyl (C=O) groups excluding carboxylic acids is 2. The van der Waals surface area contributed by atoms with Gasteiger partial charge in [-0.05, 0) is 12.8 Å². The molecule has 2 fully saturated rings. The molecule has 1 saturated heterocycles. The van der Waals surface area contributed by atoms with Crippen LogP contribution < -0.4 is 0 Å². The van der Waals surface area contributed by atoms with E-state index in [0.717, 1.165) is 19.3 Å². The fourth-order valence-electron chi connectivity index (χ4n) is 2.20. The maximum atomic E-state index is 11.5. The predicted molar refractivity (Wildman–Crippen MR) is 42.9 cm³/mol. The van der Waals surface area contributed by atoms with Crippen molar-refractivity contribution in [2.45, 2.75) is 19.3 Å². The van der Waals surface area contributed by atoms with Gasteiger partial charge in [-0.3, -0.25) is 14.5 Å². The van der Waals surface area contributed by atoms with Crippen LogP contribution in [0.5, 0.6) is 0 Å². The molecule has 1 heterocycles. The van der Waals surface area contributed by atoms with Gasteiger partial charge >= 0.3 is 0 Å². The largest absolute Gasteiger partial charge is 0.274 e. The average Bonchev–Trinajstić information content (AvgIpc) is 2.58. The minimum Gasteiger partial charge on any atom is -0.274 e. The van der Waals surface area contributed by atoms with Crippen molar-refractivity contribution in [3.05, 3.63) is 12.8 Å². The second kappa shape index (κ2) is 2.44. The molecule has 1 aliphatic carbocycles. The third-order valence-corrected chi connectivity index (χ3v) is 2.81. The number of carbonyl (C=O) groups is 2. The summed E-state index contributed by atoms with van der Waals surface area (Å²) in [6.45, 7) is 3.46. The standard InChI is InChI=1S/C9H11NO2/c1-2-10-8(11)6-4-3-5-7(6)9(10)12/h2,6-7H,1,3-5H2. The normalized spacial score (nSPS) is 34.2. The lowest BCUT2D eigenvalue weighted by Crippen LogP contribution is -2.25. The summed E-state index contributed by atoms with van der Waals surface area (Å²) in [4.78, 5) is 24.1. The van der Waals surface area contributed by atoms with Crippen molar-refractivity contribution in [2.24, 2.45) is 11.8 Å². The Morgan fingerprint density at radius 3 is 2.17 bits per heavy atom. The molecule has 2 unspecified atom stereocenters. The molecule has 2 amide bonds. The van der Waals surface area contributed by atoms with Crippen LogP contribution in [0, 0.1) is 11.8 Å². The zero-order valence-electron chi connectivity index (χ0n) is 6.82. The molecule has 3 heteroatoms. The second-order valence-corrected chi connectivity index (χ2v) is 3.37. The van der Waals surface area contributed by atoms with Gasteiger partial charge in [0.2, 0.25) is 11.8 Å². The van der Waals surface area contributed by atoms with E-state index >= 15 is 0 Å². The van der Waals surface area contributed by atoms with E-state index in [4.69, 9.17) is 0 Å². The Bertz CT molecular complexity index is 237. The number of rotatable bonds is 1. The molecule has 64 valence electrons. The molecule has 0 aromatic heterocycles. The predicted octanol–water partition coefficient (Wildman–Crippen LogP) is 0.915.